The van der Waals surface area contributed by atoms with Gasteiger partial charge in [0.05, 0.1) is 0 Å². The van der Waals surface area contributed by atoms with Gasteiger partial charge in [0.15, 0.2) is 0 Å². The van der Waals surface area contributed by atoms with E-state index in [9.17, 15) is 4.79 Å². The van der Waals surface area contributed by atoms with Crippen molar-refractivity contribution in [2.24, 2.45) is 0 Å². The Morgan fingerprint density at radius 3 is 2.67 bits per heavy atom. The monoisotopic (exact) mass is 290 g/mol. The van der Waals surface area contributed by atoms with Crippen LogP contribution in [0.15, 0.2) is 18.3 Å². The van der Waals surface area contributed by atoms with Gasteiger partial charge in [-0.15, -0.1) is 0 Å². The van der Waals surface area contributed by atoms with Crippen LogP contribution >= 0.6 is 0 Å². The van der Waals surface area contributed by atoms with E-state index in [-0.39, 0.29) is 11.4 Å². The van der Waals surface area contributed by atoms with Crippen molar-refractivity contribution in [3.63, 3.8) is 0 Å². The second kappa shape index (κ2) is 6.89. The summed E-state index contributed by atoms with van der Waals surface area (Å²) in [4.78, 5) is 18.4. The highest BCUT2D eigenvalue weighted by Gasteiger charge is 2.26. The molecule has 1 amide bonds. The van der Waals surface area contributed by atoms with Gasteiger partial charge in [0, 0.05) is 30.5 Å². The predicted octanol–water partition coefficient (Wildman–Crippen LogP) is 2.12. The van der Waals surface area contributed by atoms with E-state index in [1.54, 1.807) is 11.1 Å². The number of hydrogen-bond donors (Lipinski definition) is 2. The van der Waals surface area contributed by atoms with Crippen molar-refractivity contribution >= 4 is 11.6 Å². The lowest BCUT2D eigenvalue weighted by atomic mass is 9.90. The summed E-state index contributed by atoms with van der Waals surface area (Å²) >= 11 is 0. The number of rotatable bonds is 5. The maximum Gasteiger partial charge on any atom is 0.272 e. The summed E-state index contributed by atoms with van der Waals surface area (Å²) in [6.07, 6.45) is 3.87. The third kappa shape index (κ3) is 3.94. The van der Waals surface area contributed by atoms with Gasteiger partial charge in [-0.05, 0) is 58.8 Å². The molecule has 2 N–H and O–H groups in total. The number of anilines is 1. The van der Waals surface area contributed by atoms with Crippen LogP contribution in [-0.2, 0) is 0 Å². The Morgan fingerprint density at radius 2 is 2.05 bits per heavy atom. The van der Waals surface area contributed by atoms with E-state index in [0.29, 0.717) is 18.8 Å². The minimum atomic E-state index is -0.000820. The Kier molecular flexibility index (Phi) is 5.17. The Bertz CT molecular complexity index is 479. The first kappa shape index (κ1) is 15.8. The number of piperidine rings is 1. The van der Waals surface area contributed by atoms with E-state index in [4.69, 9.17) is 0 Å². The highest BCUT2D eigenvalue weighted by atomic mass is 16.2. The van der Waals surface area contributed by atoms with Gasteiger partial charge < -0.3 is 15.5 Å². The zero-order valence-corrected chi connectivity index (χ0v) is 13.3. The molecule has 1 aromatic heterocycles. The molecular weight excluding hydrogens is 264 g/mol. The fourth-order valence-corrected chi connectivity index (χ4v) is 2.75. The quantitative estimate of drug-likeness (QED) is 0.872. The molecule has 0 aliphatic carbocycles. The first-order chi connectivity index (χ1) is 10.1. The molecule has 1 aromatic rings. The third-order valence-corrected chi connectivity index (χ3v) is 4.18. The topological polar surface area (TPSA) is 57.3 Å². The number of carbonyl (C=O) groups is 1. The molecule has 1 fully saturated rings. The smallest absolute Gasteiger partial charge is 0.272 e. The predicted molar refractivity (Wildman–Crippen MR) is 85.6 cm³/mol. The molecule has 1 aliphatic rings. The van der Waals surface area contributed by atoms with E-state index in [0.717, 1.165) is 31.6 Å². The van der Waals surface area contributed by atoms with E-state index in [2.05, 4.69) is 22.5 Å². The number of hydrogen-bond acceptors (Lipinski definition) is 4. The van der Waals surface area contributed by atoms with Crippen LogP contribution in [-0.4, -0.2) is 47.5 Å². The van der Waals surface area contributed by atoms with Gasteiger partial charge >= 0.3 is 0 Å². The fraction of sp³-hybridized carbons (Fsp3) is 0.625. The molecule has 1 saturated heterocycles. The summed E-state index contributed by atoms with van der Waals surface area (Å²) in [6.45, 7) is 9.68. The molecule has 5 nitrogen and oxygen atoms in total. The standard InChI is InChI=1S/C16H26N4O/c1-4-20(5-2)15(21)14-12-13(6-9-18-14)19-16(3)7-10-17-11-8-16/h6,9,12,17H,4-5,7-8,10-11H2,1-3H3,(H,18,19). The molecule has 0 saturated carbocycles. The van der Waals surface area contributed by atoms with Crippen LogP contribution in [0.25, 0.3) is 0 Å². The minimum Gasteiger partial charge on any atom is -0.380 e. The van der Waals surface area contributed by atoms with Gasteiger partial charge in [-0.1, -0.05) is 0 Å². The van der Waals surface area contributed by atoms with Crippen LogP contribution in [0.2, 0.25) is 0 Å². The highest BCUT2D eigenvalue weighted by Crippen LogP contribution is 2.24. The molecule has 0 radical (unpaired) electrons. The summed E-state index contributed by atoms with van der Waals surface area (Å²) in [5, 5.41) is 6.95. The normalized spacial score (nSPS) is 17.3. The van der Waals surface area contributed by atoms with Gasteiger partial charge in [0.25, 0.3) is 5.91 Å². The molecule has 0 aromatic carbocycles. The lowest BCUT2D eigenvalue weighted by molar-refractivity contribution is 0.0767. The van der Waals surface area contributed by atoms with E-state index < -0.39 is 0 Å². The molecule has 0 spiro atoms. The second-order valence-corrected chi connectivity index (χ2v) is 5.84. The molecule has 21 heavy (non-hydrogen) atoms. The Balaban J connectivity index is 2.12. The maximum absolute atomic E-state index is 12.4. The van der Waals surface area contributed by atoms with Gasteiger partial charge in [0.1, 0.15) is 5.69 Å². The van der Waals surface area contributed by atoms with Gasteiger partial charge in [-0.25, -0.2) is 0 Å². The Morgan fingerprint density at radius 1 is 1.38 bits per heavy atom. The molecule has 0 bridgehead atoms. The van der Waals surface area contributed by atoms with Crippen molar-refractivity contribution in [2.75, 3.05) is 31.5 Å². The summed E-state index contributed by atoms with van der Waals surface area (Å²) in [7, 11) is 0. The van der Waals surface area contributed by atoms with Crippen LogP contribution in [0.4, 0.5) is 5.69 Å². The van der Waals surface area contributed by atoms with E-state index in [1.807, 2.05) is 26.0 Å². The van der Waals surface area contributed by atoms with Crippen LogP contribution in [0, 0.1) is 0 Å². The van der Waals surface area contributed by atoms with Crippen LogP contribution < -0.4 is 10.6 Å². The Hall–Kier alpha value is -1.62. The summed E-state index contributed by atoms with van der Waals surface area (Å²) < 4.78 is 0. The molecular formula is C16H26N4O. The summed E-state index contributed by atoms with van der Waals surface area (Å²) in [5.74, 6) is -0.000820. The lowest BCUT2D eigenvalue weighted by Gasteiger charge is -2.36. The van der Waals surface area contributed by atoms with Crippen LogP contribution in [0.1, 0.15) is 44.1 Å². The van der Waals surface area contributed by atoms with E-state index >= 15 is 0 Å². The first-order valence-corrected chi connectivity index (χ1v) is 7.82. The fourth-order valence-electron chi connectivity index (χ4n) is 2.75. The van der Waals surface area contributed by atoms with Crippen molar-refractivity contribution in [1.29, 1.82) is 0 Å². The van der Waals surface area contributed by atoms with Crippen molar-refractivity contribution in [2.45, 2.75) is 39.2 Å². The van der Waals surface area contributed by atoms with Crippen LogP contribution in [0.5, 0.6) is 0 Å². The van der Waals surface area contributed by atoms with Crippen molar-refractivity contribution in [3.8, 4) is 0 Å². The van der Waals surface area contributed by atoms with Crippen molar-refractivity contribution in [1.82, 2.24) is 15.2 Å². The largest absolute Gasteiger partial charge is 0.380 e. The number of aromatic nitrogens is 1. The molecule has 1 aliphatic heterocycles. The average Bonchev–Trinajstić information content (AvgIpc) is 2.49. The van der Waals surface area contributed by atoms with Gasteiger partial charge in [-0.2, -0.15) is 0 Å². The zero-order valence-electron chi connectivity index (χ0n) is 13.3. The summed E-state index contributed by atoms with van der Waals surface area (Å²) in [6, 6.07) is 3.81. The van der Waals surface area contributed by atoms with Crippen molar-refractivity contribution in [3.05, 3.63) is 24.0 Å². The molecule has 0 atom stereocenters. The number of carbonyl (C=O) groups excluding carboxylic acids is 1. The third-order valence-electron chi connectivity index (χ3n) is 4.18. The molecule has 2 heterocycles. The van der Waals surface area contributed by atoms with Crippen molar-refractivity contribution < 1.29 is 4.79 Å². The average molecular weight is 290 g/mol. The SMILES string of the molecule is CCN(CC)C(=O)c1cc(NC2(C)CCNCC2)ccn1. The van der Waals surface area contributed by atoms with E-state index in [1.165, 1.54) is 0 Å². The maximum atomic E-state index is 12.4. The number of pyridine rings is 1. The molecule has 5 heteroatoms. The summed E-state index contributed by atoms with van der Waals surface area (Å²) in [5.41, 5.74) is 1.58. The number of nitrogens with zero attached hydrogens (tertiary/aromatic N) is 2. The lowest BCUT2D eigenvalue weighted by Crippen LogP contribution is -2.45. The number of amides is 1. The number of nitrogens with one attached hydrogen (secondary N) is 2. The second-order valence-electron chi connectivity index (χ2n) is 5.84. The first-order valence-electron chi connectivity index (χ1n) is 7.82. The minimum absolute atomic E-state index is 0.000820. The molecule has 0 unspecified atom stereocenters. The van der Waals surface area contributed by atoms with Crippen LogP contribution in [0.3, 0.4) is 0 Å². The highest BCUT2D eigenvalue weighted by molar-refractivity contribution is 5.93. The zero-order chi connectivity index (χ0) is 15.3. The van der Waals surface area contributed by atoms with Gasteiger partial charge in [0.2, 0.25) is 0 Å². The molecule has 2 rings (SSSR count). The Labute approximate surface area is 127 Å². The molecule has 116 valence electrons. The van der Waals surface area contributed by atoms with Gasteiger partial charge in [-0.3, -0.25) is 9.78 Å².